The van der Waals surface area contributed by atoms with Crippen LogP contribution in [-0.2, 0) is 13.1 Å². The topological polar surface area (TPSA) is 59.3 Å². The number of aromatic nitrogens is 2. The van der Waals surface area contributed by atoms with Gasteiger partial charge in [-0.15, -0.1) is 0 Å². The predicted molar refractivity (Wildman–Crippen MR) is 69.9 cm³/mol. The maximum Gasteiger partial charge on any atom is 0.160 e. The van der Waals surface area contributed by atoms with Crippen molar-refractivity contribution in [1.29, 1.82) is 0 Å². The lowest BCUT2D eigenvalue weighted by Gasteiger charge is -2.09. The Balaban J connectivity index is 2.04. The summed E-state index contributed by atoms with van der Waals surface area (Å²) in [6.07, 6.45) is 3.73. The molecule has 0 bridgehead atoms. The number of ether oxygens (including phenoxy) is 1. The van der Waals surface area contributed by atoms with Crippen LogP contribution in [0.4, 0.5) is 5.69 Å². The number of anilines is 1. The maximum absolute atomic E-state index is 9.66. The molecule has 1 aromatic carbocycles. The fraction of sp³-hybridized carbons (Fsp3) is 0.308. The number of aryl methyl sites for hydroxylation is 1. The number of benzene rings is 1. The van der Waals surface area contributed by atoms with E-state index in [1.807, 2.05) is 12.3 Å². The fourth-order valence-electron chi connectivity index (χ4n) is 1.78. The van der Waals surface area contributed by atoms with Crippen molar-refractivity contribution in [2.24, 2.45) is 0 Å². The van der Waals surface area contributed by atoms with Gasteiger partial charge in [-0.25, -0.2) is 4.98 Å². The van der Waals surface area contributed by atoms with Crippen molar-refractivity contribution in [3.63, 3.8) is 0 Å². The van der Waals surface area contributed by atoms with Gasteiger partial charge in [0, 0.05) is 30.7 Å². The second-order valence-electron chi connectivity index (χ2n) is 3.87. The lowest BCUT2D eigenvalue weighted by molar-refractivity contribution is 0.373. The highest BCUT2D eigenvalue weighted by atomic mass is 16.5. The molecule has 0 aliphatic rings. The van der Waals surface area contributed by atoms with Crippen molar-refractivity contribution in [2.75, 3.05) is 12.4 Å². The monoisotopic (exact) mass is 247 g/mol. The second-order valence-corrected chi connectivity index (χ2v) is 3.87. The Bertz CT molecular complexity index is 523. The molecule has 2 aromatic rings. The number of nitrogens with zero attached hydrogens (tertiary/aromatic N) is 2. The van der Waals surface area contributed by atoms with Crippen LogP contribution in [0.25, 0.3) is 0 Å². The molecule has 0 aliphatic carbocycles. The van der Waals surface area contributed by atoms with Gasteiger partial charge < -0.3 is 19.7 Å². The molecule has 2 N–H and O–H groups in total. The molecule has 0 saturated heterocycles. The largest absolute Gasteiger partial charge is 0.504 e. The number of phenols is 1. The van der Waals surface area contributed by atoms with Crippen LogP contribution in [0.5, 0.6) is 11.5 Å². The van der Waals surface area contributed by atoms with Gasteiger partial charge in [-0.3, -0.25) is 0 Å². The average Bonchev–Trinajstić information content (AvgIpc) is 2.84. The number of aromatic hydroxyl groups is 1. The molecule has 0 saturated carbocycles. The van der Waals surface area contributed by atoms with Crippen molar-refractivity contribution >= 4 is 5.69 Å². The molecule has 0 aliphatic heterocycles. The van der Waals surface area contributed by atoms with Crippen molar-refractivity contribution < 1.29 is 9.84 Å². The zero-order valence-corrected chi connectivity index (χ0v) is 10.6. The minimum Gasteiger partial charge on any atom is -0.504 e. The molecule has 0 fully saturated rings. The number of imidazole rings is 1. The summed E-state index contributed by atoms with van der Waals surface area (Å²) in [7, 11) is 1.53. The third-order valence-electron chi connectivity index (χ3n) is 2.77. The first-order valence-electron chi connectivity index (χ1n) is 5.85. The molecule has 18 heavy (non-hydrogen) atoms. The average molecular weight is 247 g/mol. The Morgan fingerprint density at radius 3 is 2.94 bits per heavy atom. The van der Waals surface area contributed by atoms with Crippen LogP contribution in [0.1, 0.15) is 12.7 Å². The van der Waals surface area contributed by atoms with Gasteiger partial charge in [0.25, 0.3) is 0 Å². The Kier molecular flexibility index (Phi) is 3.72. The van der Waals surface area contributed by atoms with E-state index in [1.165, 1.54) is 7.11 Å². The summed E-state index contributed by atoms with van der Waals surface area (Å²) >= 11 is 0. The van der Waals surface area contributed by atoms with Crippen LogP contribution in [0.15, 0.2) is 30.6 Å². The van der Waals surface area contributed by atoms with E-state index < -0.39 is 0 Å². The zero-order valence-electron chi connectivity index (χ0n) is 10.6. The highest BCUT2D eigenvalue weighted by Crippen LogP contribution is 2.28. The molecule has 1 aromatic heterocycles. The van der Waals surface area contributed by atoms with Crippen molar-refractivity contribution in [1.82, 2.24) is 9.55 Å². The standard InChI is InChI=1S/C13H17N3O2/c1-3-16-7-6-14-13(16)9-15-10-4-5-12(18-2)11(17)8-10/h4-8,15,17H,3,9H2,1-2H3. The second kappa shape index (κ2) is 5.44. The third kappa shape index (κ3) is 2.56. The fourth-order valence-corrected chi connectivity index (χ4v) is 1.78. The SMILES string of the molecule is CCn1ccnc1CNc1ccc(OC)c(O)c1. The van der Waals surface area contributed by atoms with Gasteiger partial charge in [0.2, 0.25) is 0 Å². The van der Waals surface area contributed by atoms with Gasteiger partial charge >= 0.3 is 0 Å². The molecule has 5 heteroatoms. The van der Waals surface area contributed by atoms with E-state index in [-0.39, 0.29) is 5.75 Å². The van der Waals surface area contributed by atoms with Crippen LogP contribution >= 0.6 is 0 Å². The first-order valence-corrected chi connectivity index (χ1v) is 5.85. The number of methoxy groups -OCH3 is 1. The Morgan fingerprint density at radius 2 is 2.28 bits per heavy atom. The minimum atomic E-state index is 0.126. The van der Waals surface area contributed by atoms with E-state index in [0.717, 1.165) is 18.1 Å². The normalized spacial score (nSPS) is 10.3. The van der Waals surface area contributed by atoms with E-state index in [4.69, 9.17) is 4.74 Å². The first kappa shape index (κ1) is 12.3. The summed E-state index contributed by atoms with van der Waals surface area (Å²) in [4.78, 5) is 4.27. The molecule has 5 nitrogen and oxygen atoms in total. The van der Waals surface area contributed by atoms with Gasteiger partial charge in [-0.05, 0) is 19.1 Å². The summed E-state index contributed by atoms with van der Waals surface area (Å²) in [5.74, 6) is 1.56. The highest BCUT2D eigenvalue weighted by molar-refractivity contribution is 5.54. The summed E-state index contributed by atoms with van der Waals surface area (Å²) in [5.41, 5.74) is 0.832. The summed E-state index contributed by atoms with van der Waals surface area (Å²) < 4.78 is 7.06. The van der Waals surface area contributed by atoms with Crippen LogP contribution in [0.2, 0.25) is 0 Å². The zero-order chi connectivity index (χ0) is 13.0. The molecular formula is C13H17N3O2. The molecule has 96 valence electrons. The molecule has 1 heterocycles. The lowest BCUT2D eigenvalue weighted by Crippen LogP contribution is -2.07. The molecule has 0 atom stereocenters. The maximum atomic E-state index is 9.66. The van der Waals surface area contributed by atoms with Crippen molar-refractivity contribution in [2.45, 2.75) is 20.0 Å². The van der Waals surface area contributed by atoms with Crippen LogP contribution in [0.3, 0.4) is 0 Å². The number of phenolic OH excluding ortho intramolecular Hbond substituents is 1. The number of hydrogen-bond acceptors (Lipinski definition) is 4. The number of hydrogen-bond donors (Lipinski definition) is 2. The molecule has 0 amide bonds. The molecule has 0 radical (unpaired) electrons. The molecular weight excluding hydrogens is 230 g/mol. The lowest BCUT2D eigenvalue weighted by atomic mass is 10.2. The van der Waals surface area contributed by atoms with Gasteiger partial charge in [-0.2, -0.15) is 0 Å². The van der Waals surface area contributed by atoms with Crippen molar-refractivity contribution in [3.8, 4) is 11.5 Å². The van der Waals surface area contributed by atoms with Gasteiger partial charge in [-0.1, -0.05) is 0 Å². The quantitative estimate of drug-likeness (QED) is 0.850. The molecule has 2 rings (SSSR count). The minimum absolute atomic E-state index is 0.126. The summed E-state index contributed by atoms with van der Waals surface area (Å²) in [6.45, 7) is 3.59. The Labute approximate surface area is 106 Å². The smallest absolute Gasteiger partial charge is 0.160 e. The van der Waals surface area contributed by atoms with Crippen molar-refractivity contribution in [3.05, 3.63) is 36.4 Å². The Hall–Kier alpha value is -2.17. The van der Waals surface area contributed by atoms with Crippen LogP contribution in [-0.4, -0.2) is 21.8 Å². The van der Waals surface area contributed by atoms with E-state index in [0.29, 0.717) is 12.3 Å². The molecule has 0 spiro atoms. The Morgan fingerprint density at radius 1 is 1.44 bits per heavy atom. The predicted octanol–water partition coefficient (Wildman–Crippen LogP) is 2.23. The third-order valence-corrected chi connectivity index (χ3v) is 2.77. The summed E-state index contributed by atoms with van der Waals surface area (Å²) in [6, 6.07) is 5.22. The van der Waals surface area contributed by atoms with Crippen LogP contribution < -0.4 is 10.1 Å². The molecule has 0 unspecified atom stereocenters. The highest BCUT2D eigenvalue weighted by Gasteiger charge is 2.04. The first-order chi connectivity index (χ1) is 8.74. The van der Waals surface area contributed by atoms with Gasteiger partial charge in [0.15, 0.2) is 11.5 Å². The van der Waals surface area contributed by atoms with E-state index in [1.54, 1.807) is 18.3 Å². The van der Waals surface area contributed by atoms with E-state index in [9.17, 15) is 5.11 Å². The number of rotatable bonds is 5. The van der Waals surface area contributed by atoms with E-state index >= 15 is 0 Å². The van der Waals surface area contributed by atoms with Gasteiger partial charge in [0.05, 0.1) is 13.7 Å². The number of nitrogens with one attached hydrogen (secondary N) is 1. The van der Waals surface area contributed by atoms with E-state index in [2.05, 4.69) is 21.8 Å². The summed E-state index contributed by atoms with van der Waals surface area (Å²) in [5, 5.41) is 12.9. The van der Waals surface area contributed by atoms with Crippen LogP contribution in [0, 0.1) is 0 Å². The van der Waals surface area contributed by atoms with Gasteiger partial charge in [0.1, 0.15) is 5.82 Å².